The number of aryl methyl sites for hydroxylation is 1. The van der Waals surface area contributed by atoms with Gasteiger partial charge >= 0.3 is 0 Å². The largest absolute Gasteiger partial charge is 0.398 e. The van der Waals surface area contributed by atoms with Gasteiger partial charge in [0.2, 0.25) is 5.91 Å². The van der Waals surface area contributed by atoms with E-state index in [1.165, 1.54) is 0 Å². The van der Waals surface area contributed by atoms with Crippen molar-refractivity contribution in [1.82, 2.24) is 4.90 Å². The molecule has 1 aliphatic rings. The van der Waals surface area contributed by atoms with Gasteiger partial charge in [0.15, 0.2) is 0 Å². The van der Waals surface area contributed by atoms with Gasteiger partial charge in [-0.15, -0.1) is 0 Å². The molecule has 8 heteroatoms. The molecule has 32 heavy (non-hydrogen) atoms. The second kappa shape index (κ2) is 11.1. The topological polar surface area (TPSA) is 110 Å². The van der Waals surface area contributed by atoms with Crippen LogP contribution in [0.15, 0.2) is 70.5 Å². The van der Waals surface area contributed by atoms with Gasteiger partial charge in [-0.2, -0.15) is 5.10 Å². The summed E-state index contributed by atoms with van der Waals surface area (Å²) in [6.07, 6.45) is 2.82. The van der Waals surface area contributed by atoms with Gasteiger partial charge in [-0.3, -0.25) is 9.79 Å². The second-order valence-electron chi connectivity index (χ2n) is 7.39. The molecule has 0 bridgehead atoms. The first-order valence-corrected chi connectivity index (χ1v) is 10.5. The van der Waals surface area contributed by atoms with E-state index in [4.69, 9.17) is 16.2 Å². The number of hydrogen-bond donors (Lipinski definition) is 2. The normalized spacial score (nSPS) is 14.8. The summed E-state index contributed by atoms with van der Waals surface area (Å²) < 4.78 is 5.30. The van der Waals surface area contributed by atoms with Crippen molar-refractivity contribution >= 4 is 29.7 Å². The van der Waals surface area contributed by atoms with Gasteiger partial charge in [-0.05, 0) is 30.2 Å². The van der Waals surface area contributed by atoms with Gasteiger partial charge in [0.1, 0.15) is 0 Å². The SMILES string of the molecule is C=NN(/C=C(\N)C(=NC)c1ccccc1N)c1ccc(CCC(=O)N2CCOCC2)cc1. The maximum absolute atomic E-state index is 12.3. The molecule has 2 aromatic rings. The van der Waals surface area contributed by atoms with E-state index >= 15 is 0 Å². The monoisotopic (exact) mass is 434 g/mol. The molecule has 2 aromatic carbocycles. The summed E-state index contributed by atoms with van der Waals surface area (Å²) in [5, 5.41) is 5.65. The molecule has 1 aliphatic heterocycles. The zero-order chi connectivity index (χ0) is 22.9. The van der Waals surface area contributed by atoms with Gasteiger partial charge in [0, 0.05) is 44.5 Å². The molecule has 0 unspecified atom stereocenters. The highest BCUT2D eigenvalue weighted by atomic mass is 16.5. The number of anilines is 2. The van der Waals surface area contributed by atoms with E-state index in [0.29, 0.717) is 56.2 Å². The minimum atomic E-state index is 0.161. The highest BCUT2D eigenvalue weighted by molar-refractivity contribution is 6.15. The number of nitrogens with zero attached hydrogens (tertiary/aromatic N) is 4. The fourth-order valence-corrected chi connectivity index (χ4v) is 3.55. The molecule has 0 aliphatic carbocycles. The van der Waals surface area contributed by atoms with Crippen LogP contribution in [0.4, 0.5) is 11.4 Å². The van der Waals surface area contributed by atoms with Crippen molar-refractivity contribution in [2.75, 3.05) is 44.1 Å². The van der Waals surface area contributed by atoms with Gasteiger partial charge in [-0.1, -0.05) is 30.3 Å². The Bertz CT molecular complexity index is 994. The molecular weight excluding hydrogens is 404 g/mol. The number of hydrazone groups is 1. The molecule has 1 amide bonds. The summed E-state index contributed by atoms with van der Waals surface area (Å²) in [6.45, 7) is 6.22. The van der Waals surface area contributed by atoms with Gasteiger partial charge in [0.25, 0.3) is 0 Å². The van der Waals surface area contributed by atoms with E-state index in [9.17, 15) is 4.79 Å². The Hall–Kier alpha value is -3.65. The molecule has 168 valence electrons. The Morgan fingerprint density at radius 3 is 2.50 bits per heavy atom. The number of allylic oxidation sites excluding steroid dienone is 1. The number of carbonyl (C=O) groups is 1. The number of carbonyl (C=O) groups excluding carboxylic acids is 1. The lowest BCUT2D eigenvalue weighted by Gasteiger charge is -2.26. The third kappa shape index (κ3) is 5.73. The number of hydrogen-bond acceptors (Lipinski definition) is 7. The summed E-state index contributed by atoms with van der Waals surface area (Å²) in [5.74, 6) is 0.161. The Morgan fingerprint density at radius 2 is 1.88 bits per heavy atom. The molecule has 3 rings (SSSR count). The van der Waals surface area contributed by atoms with Crippen LogP contribution >= 0.6 is 0 Å². The van der Waals surface area contributed by atoms with Crippen LogP contribution in [0.5, 0.6) is 0 Å². The van der Waals surface area contributed by atoms with Crippen molar-refractivity contribution in [3.05, 3.63) is 71.6 Å². The van der Waals surface area contributed by atoms with E-state index < -0.39 is 0 Å². The van der Waals surface area contributed by atoms with E-state index in [-0.39, 0.29) is 5.91 Å². The number of nitrogens with two attached hydrogens (primary N) is 2. The van der Waals surface area contributed by atoms with Crippen LogP contribution in [0.1, 0.15) is 17.5 Å². The van der Waals surface area contributed by atoms with E-state index in [1.54, 1.807) is 24.3 Å². The molecule has 4 N–H and O–H groups in total. The Morgan fingerprint density at radius 1 is 1.19 bits per heavy atom. The first kappa shape index (κ1) is 23.0. The molecule has 0 aromatic heterocycles. The minimum absolute atomic E-state index is 0.161. The number of para-hydroxylation sites is 1. The Balaban J connectivity index is 1.67. The maximum Gasteiger partial charge on any atom is 0.223 e. The standard InChI is InChI=1S/C24H30N6O2/c1-27-24(20-5-3-4-6-21(20)25)22(26)17-30(28-2)19-10-7-18(8-11-19)9-12-23(31)29-13-15-32-16-14-29/h3-8,10-11,17H,2,9,12-16,25-26H2,1H3/b22-17-,27-24?. The molecule has 1 saturated heterocycles. The van der Waals surface area contributed by atoms with E-state index in [0.717, 1.165) is 16.8 Å². The average Bonchev–Trinajstić information content (AvgIpc) is 2.83. The van der Waals surface area contributed by atoms with Crippen molar-refractivity contribution in [1.29, 1.82) is 0 Å². The van der Waals surface area contributed by atoms with Crippen LogP contribution in [-0.4, -0.2) is 56.6 Å². The lowest BCUT2D eigenvalue weighted by molar-refractivity contribution is -0.135. The maximum atomic E-state index is 12.3. The van der Waals surface area contributed by atoms with Crippen LogP contribution in [0.3, 0.4) is 0 Å². The Kier molecular flexibility index (Phi) is 7.99. The quantitative estimate of drug-likeness (QED) is 0.377. The van der Waals surface area contributed by atoms with Gasteiger partial charge < -0.3 is 21.1 Å². The van der Waals surface area contributed by atoms with E-state index in [1.807, 2.05) is 47.4 Å². The highest BCUT2D eigenvalue weighted by Crippen LogP contribution is 2.20. The summed E-state index contributed by atoms with van der Waals surface area (Å²) in [7, 11) is 1.67. The van der Waals surface area contributed by atoms with Crippen LogP contribution in [0.25, 0.3) is 0 Å². The molecule has 0 spiro atoms. The van der Waals surface area contributed by atoms with E-state index in [2.05, 4.69) is 16.8 Å². The van der Waals surface area contributed by atoms with Gasteiger partial charge in [-0.25, -0.2) is 5.01 Å². The second-order valence-corrected chi connectivity index (χ2v) is 7.39. The first-order valence-electron chi connectivity index (χ1n) is 10.5. The lowest BCUT2D eigenvalue weighted by Crippen LogP contribution is -2.40. The summed E-state index contributed by atoms with van der Waals surface area (Å²) in [6, 6.07) is 15.2. The van der Waals surface area contributed by atoms with Crippen LogP contribution in [-0.2, 0) is 16.0 Å². The van der Waals surface area contributed by atoms with Crippen molar-refractivity contribution in [3.8, 4) is 0 Å². The zero-order valence-electron chi connectivity index (χ0n) is 18.4. The summed E-state index contributed by atoms with van der Waals surface area (Å²) >= 11 is 0. The van der Waals surface area contributed by atoms with Crippen molar-refractivity contribution in [2.24, 2.45) is 15.8 Å². The third-order valence-corrected chi connectivity index (χ3v) is 5.32. The number of benzene rings is 2. The third-order valence-electron chi connectivity index (χ3n) is 5.32. The number of nitrogen functional groups attached to an aromatic ring is 1. The average molecular weight is 435 g/mol. The minimum Gasteiger partial charge on any atom is -0.398 e. The zero-order valence-corrected chi connectivity index (χ0v) is 18.4. The molecule has 1 heterocycles. The highest BCUT2D eigenvalue weighted by Gasteiger charge is 2.16. The molecule has 0 atom stereocenters. The summed E-state index contributed by atoms with van der Waals surface area (Å²) in [5.41, 5.74) is 16.6. The fourth-order valence-electron chi connectivity index (χ4n) is 3.55. The molecule has 8 nitrogen and oxygen atoms in total. The fraction of sp³-hybridized carbons (Fsp3) is 0.292. The van der Waals surface area contributed by atoms with Crippen LogP contribution < -0.4 is 16.5 Å². The van der Waals surface area contributed by atoms with Crippen molar-refractivity contribution in [3.63, 3.8) is 0 Å². The molecular formula is C24H30N6O2. The smallest absolute Gasteiger partial charge is 0.223 e. The lowest BCUT2D eigenvalue weighted by atomic mass is 10.1. The first-order chi connectivity index (χ1) is 15.5. The molecule has 0 saturated carbocycles. The van der Waals surface area contributed by atoms with Crippen molar-refractivity contribution < 1.29 is 9.53 Å². The number of morpholine rings is 1. The predicted molar refractivity (Wildman–Crippen MR) is 130 cm³/mol. The van der Waals surface area contributed by atoms with Gasteiger partial charge in [0.05, 0.1) is 36.5 Å². The van der Waals surface area contributed by atoms with Crippen LogP contribution in [0.2, 0.25) is 0 Å². The van der Waals surface area contributed by atoms with Crippen LogP contribution in [0, 0.1) is 0 Å². The predicted octanol–water partition coefficient (Wildman–Crippen LogP) is 2.40. The number of aliphatic imine (C=N–C) groups is 1. The summed E-state index contributed by atoms with van der Waals surface area (Å²) in [4.78, 5) is 18.5. The molecule has 0 radical (unpaired) electrons. The molecule has 1 fully saturated rings. The van der Waals surface area contributed by atoms with Crippen molar-refractivity contribution in [2.45, 2.75) is 12.8 Å². The number of ether oxygens (including phenoxy) is 1. The Labute approximate surface area is 188 Å². The number of amides is 1. The number of rotatable bonds is 8.